The van der Waals surface area contributed by atoms with Crippen LogP contribution in [-0.4, -0.2) is 49.3 Å². The van der Waals surface area contributed by atoms with E-state index in [1.165, 1.54) is 45.3 Å². The Hall–Kier alpha value is -0.120. The molecule has 0 saturated carbocycles. The van der Waals surface area contributed by atoms with Crippen molar-refractivity contribution < 1.29 is 4.74 Å². The van der Waals surface area contributed by atoms with Crippen molar-refractivity contribution in [1.29, 1.82) is 0 Å². The van der Waals surface area contributed by atoms with Gasteiger partial charge in [0.25, 0.3) is 0 Å². The van der Waals surface area contributed by atoms with E-state index in [9.17, 15) is 0 Å². The minimum Gasteiger partial charge on any atom is -0.377 e. The lowest BCUT2D eigenvalue weighted by Crippen LogP contribution is -2.49. The number of nitrogens with zero attached hydrogens (tertiary/aromatic N) is 1. The van der Waals surface area contributed by atoms with E-state index in [0.29, 0.717) is 18.2 Å². The molecule has 0 aromatic carbocycles. The SMILES string of the molecule is CC(C)CN1CCC(NC(C)C2CCCO2)CC1. The summed E-state index contributed by atoms with van der Waals surface area (Å²) in [6, 6.07) is 1.22. The van der Waals surface area contributed by atoms with Crippen LogP contribution in [0.5, 0.6) is 0 Å². The number of nitrogens with one attached hydrogen (secondary N) is 1. The maximum absolute atomic E-state index is 5.76. The first-order valence-corrected chi connectivity index (χ1v) is 7.75. The first-order chi connectivity index (χ1) is 8.65. The molecule has 2 atom stereocenters. The van der Waals surface area contributed by atoms with Crippen molar-refractivity contribution in [2.75, 3.05) is 26.2 Å². The van der Waals surface area contributed by atoms with Crippen molar-refractivity contribution >= 4 is 0 Å². The summed E-state index contributed by atoms with van der Waals surface area (Å²) >= 11 is 0. The third kappa shape index (κ3) is 4.22. The van der Waals surface area contributed by atoms with Gasteiger partial charge in [-0.3, -0.25) is 0 Å². The van der Waals surface area contributed by atoms with E-state index in [0.717, 1.165) is 12.5 Å². The zero-order valence-corrected chi connectivity index (χ0v) is 12.3. The molecule has 18 heavy (non-hydrogen) atoms. The Labute approximate surface area is 112 Å². The van der Waals surface area contributed by atoms with Gasteiger partial charge in [0, 0.05) is 25.2 Å². The highest BCUT2D eigenvalue weighted by molar-refractivity contribution is 4.84. The van der Waals surface area contributed by atoms with Crippen LogP contribution in [0.3, 0.4) is 0 Å². The molecule has 2 aliphatic rings. The van der Waals surface area contributed by atoms with Crippen LogP contribution < -0.4 is 5.32 Å². The maximum atomic E-state index is 5.76. The molecule has 0 bridgehead atoms. The van der Waals surface area contributed by atoms with Crippen LogP contribution in [0.4, 0.5) is 0 Å². The largest absolute Gasteiger partial charge is 0.377 e. The molecule has 106 valence electrons. The Morgan fingerprint density at radius 3 is 2.44 bits per heavy atom. The second kappa shape index (κ2) is 6.88. The van der Waals surface area contributed by atoms with Crippen molar-refractivity contribution in [1.82, 2.24) is 10.2 Å². The molecular formula is C15H30N2O. The van der Waals surface area contributed by atoms with Crippen LogP contribution in [0.2, 0.25) is 0 Å². The molecule has 0 aromatic heterocycles. The fourth-order valence-corrected chi connectivity index (χ4v) is 3.27. The molecule has 2 fully saturated rings. The predicted molar refractivity (Wildman–Crippen MR) is 75.9 cm³/mol. The molecule has 0 aliphatic carbocycles. The Morgan fingerprint density at radius 1 is 1.17 bits per heavy atom. The Balaban J connectivity index is 1.66. The van der Waals surface area contributed by atoms with Gasteiger partial charge in [-0.25, -0.2) is 0 Å². The van der Waals surface area contributed by atoms with Gasteiger partial charge in [-0.15, -0.1) is 0 Å². The summed E-state index contributed by atoms with van der Waals surface area (Å²) in [5.41, 5.74) is 0. The second-order valence-corrected chi connectivity index (χ2v) is 6.48. The molecule has 0 amide bonds. The topological polar surface area (TPSA) is 24.5 Å². The summed E-state index contributed by atoms with van der Waals surface area (Å²) in [5, 5.41) is 3.78. The Bertz CT molecular complexity index is 231. The lowest BCUT2D eigenvalue weighted by molar-refractivity contribution is 0.0735. The minimum absolute atomic E-state index is 0.457. The minimum atomic E-state index is 0.457. The highest BCUT2D eigenvalue weighted by atomic mass is 16.5. The Kier molecular flexibility index (Phi) is 5.46. The van der Waals surface area contributed by atoms with Crippen LogP contribution in [0.1, 0.15) is 46.5 Å². The van der Waals surface area contributed by atoms with Crippen LogP contribution in [0, 0.1) is 5.92 Å². The van der Waals surface area contributed by atoms with Gasteiger partial charge in [0.15, 0.2) is 0 Å². The third-order valence-corrected chi connectivity index (χ3v) is 4.23. The number of ether oxygens (including phenoxy) is 1. The van der Waals surface area contributed by atoms with Crippen molar-refractivity contribution in [2.45, 2.75) is 64.6 Å². The quantitative estimate of drug-likeness (QED) is 0.814. The zero-order chi connectivity index (χ0) is 13.0. The maximum Gasteiger partial charge on any atom is 0.0726 e. The van der Waals surface area contributed by atoms with Gasteiger partial charge in [-0.2, -0.15) is 0 Å². The second-order valence-electron chi connectivity index (χ2n) is 6.48. The number of rotatable bonds is 5. The molecule has 0 radical (unpaired) electrons. The standard InChI is InChI=1S/C15H30N2O/c1-12(2)11-17-8-6-14(7-9-17)16-13(3)15-5-4-10-18-15/h12-16H,4-11H2,1-3H3. The van der Waals surface area contributed by atoms with E-state index in [1.54, 1.807) is 0 Å². The molecule has 2 unspecified atom stereocenters. The highest BCUT2D eigenvalue weighted by Crippen LogP contribution is 2.18. The molecule has 2 saturated heterocycles. The van der Waals surface area contributed by atoms with Gasteiger partial charge in [0.2, 0.25) is 0 Å². The molecule has 1 N–H and O–H groups in total. The lowest BCUT2D eigenvalue weighted by atomic mass is 10.0. The van der Waals surface area contributed by atoms with Gasteiger partial charge >= 0.3 is 0 Å². The first-order valence-electron chi connectivity index (χ1n) is 7.75. The smallest absolute Gasteiger partial charge is 0.0726 e. The number of hydrogen-bond acceptors (Lipinski definition) is 3. The van der Waals surface area contributed by atoms with Crippen LogP contribution in [-0.2, 0) is 4.74 Å². The summed E-state index contributed by atoms with van der Waals surface area (Å²) in [6.07, 6.45) is 5.52. The van der Waals surface area contributed by atoms with E-state index in [-0.39, 0.29) is 0 Å². The van der Waals surface area contributed by atoms with Crippen molar-refractivity contribution in [3.63, 3.8) is 0 Å². The zero-order valence-electron chi connectivity index (χ0n) is 12.3. The number of likely N-dealkylation sites (tertiary alicyclic amines) is 1. The molecule has 3 nitrogen and oxygen atoms in total. The monoisotopic (exact) mass is 254 g/mol. The summed E-state index contributed by atoms with van der Waals surface area (Å²) in [6.45, 7) is 11.6. The fourth-order valence-electron chi connectivity index (χ4n) is 3.27. The van der Waals surface area contributed by atoms with Gasteiger partial charge in [0.1, 0.15) is 0 Å². The molecular weight excluding hydrogens is 224 g/mol. The third-order valence-electron chi connectivity index (χ3n) is 4.23. The molecule has 2 heterocycles. The molecule has 0 spiro atoms. The fraction of sp³-hybridized carbons (Fsp3) is 1.00. The van der Waals surface area contributed by atoms with Gasteiger partial charge in [-0.1, -0.05) is 13.8 Å². The van der Waals surface area contributed by atoms with Crippen LogP contribution >= 0.6 is 0 Å². The summed E-state index contributed by atoms with van der Waals surface area (Å²) in [5.74, 6) is 0.792. The first kappa shape index (κ1) is 14.3. The summed E-state index contributed by atoms with van der Waals surface area (Å²) < 4.78 is 5.76. The van der Waals surface area contributed by atoms with E-state index in [4.69, 9.17) is 4.74 Å². The average Bonchev–Trinajstić information content (AvgIpc) is 2.84. The lowest BCUT2D eigenvalue weighted by Gasteiger charge is -2.35. The highest BCUT2D eigenvalue weighted by Gasteiger charge is 2.26. The molecule has 2 aliphatic heterocycles. The van der Waals surface area contributed by atoms with Crippen molar-refractivity contribution in [3.05, 3.63) is 0 Å². The number of piperidine rings is 1. The van der Waals surface area contributed by atoms with E-state index in [1.807, 2.05) is 0 Å². The van der Waals surface area contributed by atoms with Gasteiger partial charge in [-0.05, 0) is 51.6 Å². The summed E-state index contributed by atoms with van der Waals surface area (Å²) in [7, 11) is 0. The van der Waals surface area contributed by atoms with Gasteiger partial charge < -0.3 is 15.0 Å². The molecule has 3 heteroatoms. The Morgan fingerprint density at radius 2 is 1.89 bits per heavy atom. The van der Waals surface area contributed by atoms with Gasteiger partial charge in [0.05, 0.1) is 6.10 Å². The molecule has 0 aromatic rings. The van der Waals surface area contributed by atoms with Crippen LogP contribution in [0.25, 0.3) is 0 Å². The average molecular weight is 254 g/mol. The van der Waals surface area contributed by atoms with Crippen LogP contribution in [0.15, 0.2) is 0 Å². The molecule has 2 rings (SSSR count). The normalized spacial score (nSPS) is 29.0. The van der Waals surface area contributed by atoms with E-state index >= 15 is 0 Å². The van der Waals surface area contributed by atoms with E-state index in [2.05, 4.69) is 31.0 Å². The summed E-state index contributed by atoms with van der Waals surface area (Å²) in [4.78, 5) is 2.61. The number of hydrogen-bond donors (Lipinski definition) is 1. The van der Waals surface area contributed by atoms with Crippen molar-refractivity contribution in [3.8, 4) is 0 Å². The van der Waals surface area contributed by atoms with Crippen molar-refractivity contribution in [2.24, 2.45) is 5.92 Å². The van der Waals surface area contributed by atoms with E-state index < -0.39 is 0 Å². The predicted octanol–water partition coefficient (Wildman–Crippen LogP) is 2.26.